The van der Waals surface area contributed by atoms with E-state index in [1.54, 1.807) is 14.2 Å². The molecule has 0 aliphatic carbocycles. The lowest BCUT2D eigenvalue weighted by atomic mass is 10.2. The zero-order valence-corrected chi connectivity index (χ0v) is 11.7. The summed E-state index contributed by atoms with van der Waals surface area (Å²) in [7, 11) is 3.32. The van der Waals surface area contributed by atoms with E-state index in [1.807, 2.05) is 25.1 Å². The van der Waals surface area contributed by atoms with Crippen LogP contribution in [0, 0.1) is 0 Å². The van der Waals surface area contributed by atoms with E-state index in [4.69, 9.17) is 14.2 Å². The average molecular weight is 253 g/mol. The Hall–Kier alpha value is -1.26. The molecule has 0 fully saturated rings. The molecule has 102 valence electrons. The lowest BCUT2D eigenvalue weighted by Crippen LogP contribution is -2.16. The highest BCUT2D eigenvalue weighted by Crippen LogP contribution is 2.28. The molecule has 18 heavy (non-hydrogen) atoms. The van der Waals surface area contributed by atoms with Crippen molar-refractivity contribution in [2.75, 3.05) is 27.4 Å². The minimum Gasteiger partial charge on any atom is -0.493 e. The Labute approximate surface area is 109 Å². The van der Waals surface area contributed by atoms with Gasteiger partial charge in [-0.05, 0) is 31.2 Å². The van der Waals surface area contributed by atoms with Crippen molar-refractivity contribution in [3.63, 3.8) is 0 Å². The fourth-order valence-electron chi connectivity index (χ4n) is 1.49. The Bertz CT molecular complexity index is 355. The second kappa shape index (κ2) is 7.95. The Morgan fingerprint density at radius 1 is 1.22 bits per heavy atom. The molecule has 0 radical (unpaired) electrons. The Morgan fingerprint density at radius 3 is 2.61 bits per heavy atom. The fraction of sp³-hybridized carbons (Fsp3) is 0.571. The summed E-state index contributed by atoms with van der Waals surface area (Å²) >= 11 is 0. The molecule has 0 aromatic heterocycles. The van der Waals surface area contributed by atoms with Crippen LogP contribution in [0.5, 0.6) is 11.5 Å². The quantitative estimate of drug-likeness (QED) is 0.771. The normalized spacial score (nSPS) is 12.2. The molecule has 0 spiro atoms. The Balaban J connectivity index is 2.67. The lowest BCUT2D eigenvalue weighted by Gasteiger charge is -2.15. The van der Waals surface area contributed by atoms with Crippen LogP contribution >= 0.6 is 0 Å². The lowest BCUT2D eigenvalue weighted by molar-refractivity contribution is 0.0706. The minimum atomic E-state index is 0.0659. The molecule has 1 unspecified atom stereocenters. The number of methoxy groups -OCH3 is 2. The second-order valence-corrected chi connectivity index (χ2v) is 4.12. The van der Waals surface area contributed by atoms with Gasteiger partial charge in [0.2, 0.25) is 0 Å². The standard InChI is InChI=1S/C14H23NO3/c1-5-15-9-12-6-7-13(14(8-12)17-4)18-10-11(2)16-3/h6-8,11,15H,5,9-10H2,1-4H3. The van der Waals surface area contributed by atoms with Crippen molar-refractivity contribution >= 4 is 0 Å². The van der Waals surface area contributed by atoms with Crippen LogP contribution in [0.2, 0.25) is 0 Å². The Kier molecular flexibility index (Phi) is 6.54. The van der Waals surface area contributed by atoms with E-state index in [2.05, 4.69) is 12.2 Å². The summed E-state index contributed by atoms with van der Waals surface area (Å²) in [6.07, 6.45) is 0.0659. The summed E-state index contributed by atoms with van der Waals surface area (Å²) in [4.78, 5) is 0. The van der Waals surface area contributed by atoms with Crippen molar-refractivity contribution in [1.82, 2.24) is 5.32 Å². The van der Waals surface area contributed by atoms with Gasteiger partial charge in [-0.2, -0.15) is 0 Å². The summed E-state index contributed by atoms with van der Waals surface area (Å²) in [5.41, 5.74) is 1.18. The zero-order valence-electron chi connectivity index (χ0n) is 11.7. The van der Waals surface area contributed by atoms with E-state index in [9.17, 15) is 0 Å². The Morgan fingerprint density at radius 2 is 2.00 bits per heavy atom. The second-order valence-electron chi connectivity index (χ2n) is 4.12. The van der Waals surface area contributed by atoms with Crippen LogP contribution < -0.4 is 14.8 Å². The number of nitrogens with one attached hydrogen (secondary N) is 1. The van der Waals surface area contributed by atoms with E-state index in [0.29, 0.717) is 6.61 Å². The highest BCUT2D eigenvalue weighted by molar-refractivity contribution is 5.42. The number of hydrogen-bond donors (Lipinski definition) is 1. The zero-order chi connectivity index (χ0) is 13.4. The van der Waals surface area contributed by atoms with Crippen molar-refractivity contribution in [3.05, 3.63) is 23.8 Å². The highest BCUT2D eigenvalue weighted by Gasteiger charge is 2.07. The molecule has 4 heteroatoms. The molecule has 0 bridgehead atoms. The molecular formula is C14H23NO3. The number of hydrogen-bond acceptors (Lipinski definition) is 4. The third-order valence-electron chi connectivity index (χ3n) is 2.68. The van der Waals surface area contributed by atoms with Crippen molar-refractivity contribution < 1.29 is 14.2 Å². The molecule has 0 aliphatic heterocycles. The first-order valence-corrected chi connectivity index (χ1v) is 6.24. The summed E-state index contributed by atoms with van der Waals surface area (Å²) in [5, 5.41) is 3.28. The van der Waals surface area contributed by atoms with Crippen LogP contribution in [-0.4, -0.2) is 33.5 Å². The van der Waals surface area contributed by atoms with E-state index in [-0.39, 0.29) is 6.10 Å². The van der Waals surface area contributed by atoms with Gasteiger partial charge in [-0.15, -0.1) is 0 Å². The first-order chi connectivity index (χ1) is 8.71. The van der Waals surface area contributed by atoms with Crippen molar-refractivity contribution in [2.24, 2.45) is 0 Å². The molecular weight excluding hydrogens is 230 g/mol. The van der Waals surface area contributed by atoms with Gasteiger partial charge in [0.15, 0.2) is 11.5 Å². The molecule has 1 aromatic rings. The van der Waals surface area contributed by atoms with Crippen LogP contribution in [0.15, 0.2) is 18.2 Å². The van der Waals surface area contributed by atoms with Gasteiger partial charge in [-0.1, -0.05) is 13.0 Å². The van der Waals surface area contributed by atoms with Crippen LogP contribution in [-0.2, 0) is 11.3 Å². The van der Waals surface area contributed by atoms with Gasteiger partial charge < -0.3 is 19.5 Å². The molecule has 1 aromatic carbocycles. The van der Waals surface area contributed by atoms with Crippen molar-refractivity contribution in [1.29, 1.82) is 0 Å². The third kappa shape index (κ3) is 4.55. The SMILES string of the molecule is CCNCc1ccc(OCC(C)OC)c(OC)c1. The van der Waals surface area contributed by atoms with Crippen molar-refractivity contribution in [3.8, 4) is 11.5 Å². The van der Waals surface area contributed by atoms with Gasteiger partial charge in [0, 0.05) is 13.7 Å². The van der Waals surface area contributed by atoms with E-state index in [1.165, 1.54) is 5.56 Å². The fourth-order valence-corrected chi connectivity index (χ4v) is 1.49. The summed E-state index contributed by atoms with van der Waals surface area (Å²) in [6.45, 7) is 6.35. The monoisotopic (exact) mass is 253 g/mol. The van der Waals surface area contributed by atoms with E-state index in [0.717, 1.165) is 24.6 Å². The molecule has 0 saturated carbocycles. The first-order valence-electron chi connectivity index (χ1n) is 6.24. The van der Waals surface area contributed by atoms with Crippen LogP contribution in [0.25, 0.3) is 0 Å². The largest absolute Gasteiger partial charge is 0.493 e. The average Bonchev–Trinajstić information content (AvgIpc) is 2.42. The molecule has 4 nitrogen and oxygen atoms in total. The highest BCUT2D eigenvalue weighted by atomic mass is 16.5. The third-order valence-corrected chi connectivity index (χ3v) is 2.68. The summed E-state index contributed by atoms with van der Waals surface area (Å²) in [6, 6.07) is 5.97. The maximum Gasteiger partial charge on any atom is 0.161 e. The maximum atomic E-state index is 5.67. The topological polar surface area (TPSA) is 39.7 Å². The van der Waals surface area contributed by atoms with Gasteiger partial charge in [0.1, 0.15) is 6.61 Å². The van der Waals surface area contributed by atoms with E-state index >= 15 is 0 Å². The molecule has 0 amide bonds. The van der Waals surface area contributed by atoms with E-state index < -0.39 is 0 Å². The molecule has 1 N–H and O–H groups in total. The van der Waals surface area contributed by atoms with Gasteiger partial charge in [-0.3, -0.25) is 0 Å². The van der Waals surface area contributed by atoms with Crippen molar-refractivity contribution in [2.45, 2.75) is 26.5 Å². The molecule has 0 aliphatic rings. The summed E-state index contributed by atoms with van der Waals surface area (Å²) < 4.78 is 16.2. The predicted molar refractivity (Wildman–Crippen MR) is 72.3 cm³/mol. The van der Waals surface area contributed by atoms with Gasteiger partial charge >= 0.3 is 0 Å². The van der Waals surface area contributed by atoms with Gasteiger partial charge in [0.25, 0.3) is 0 Å². The molecule has 1 rings (SSSR count). The minimum absolute atomic E-state index is 0.0659. The van der Waals surface area contributed by atoms with Gasteiger partial charge in [0.05, 0.1) is 13.2 Å². The van der Waals surface area contributed by atoms with Crippen LogP contribution in [0.1, 0.15) is 19.4 Å². The molecule has 1 atom stereocenters. The number of benzene rings is 1. The molecule has 0 saturated heterocycles. The maximum absolute atomic E-state index is 5.67. The smallest absolute Gasteiger partial charge is 0.161 e. The number of ether oxygens (including phenoxy) is 3. The van der Waals surface area contributed by atoms with Crippen LogP contribution in [0.3, 0.4) is 0 Å². The predicted octanol–water partition coefficient (Wildman–Crippen LogP) is 2.22. The summed E-state index contributed by atoms with van der Waals surface area (Å²) in [5.74, 6) is 1.51. The van der Waals surface area contributed by atoms with Gasteiger partial charge in [-0.25, -0.2) is 0 Å². The molecule has 0 heterocycles. The number of rotatable bonds is 8. The van der Waals surface area contributed by atoms with Crippen LogP contribution in [0.4, 0.5) is 0 Å². The first kappa shape index (κ1) is 14.8.